The normalized spacial score (nSPS) is 23.3. The number of rotatable bonds is 1. The summed E-state index contributed by atoms with van der Waals surface area (Å²) in [6.45, 7) is 1.10. The average molecular weight is 281 g/mol. The van der Waals surface area contributed by atoms with Crippen LogP contribution < -0.4 is 5.32 Å². The van der Waals surface area contributed by atoms with E-state index in [1.54, 1.807) is 0 Å². The molecule has 0 spiro atoms. The van der Waals surface area contributed by atoms with Gasteiger partial charge >= 0.3 is 0 Å². The number of halogens is 2. The van der Waals surface area contributed by atoms with Crippen LogP contribution in [0.15, 0.2) is 9.21 Å². The lowest BCUT2D eigenvalue weighted by Crippen LogP contribution is -2.35. The van der Waals surface area contributed by atoms with Crippen LogP contribution >= 0.6 is 31.9 Å². The summed E-state index contributed by atoms with van der Waals surface area (Å²) in [7, 11) is 0. The third kappa shape index (κ3) is 1.37. The number of aromatic amines is 1. The van der Waals surface area contributed by atoms with Gasteiger partial charge in [-0.2, -0.15) is 0 Å². The van der Waals surface area contributed by atoms with Crippen LogP contribution in [0.4, 0.5) is 0 Å². The molecule has 0 aliphatic carbocycles. The molecule has 0 saturated carbocycles. The lowest BCUT2D eigenvalue weighted by atomic mass is 10.1. The lowest BCUT2D eigenvalue weighted by Gasteiger charge is -2.25. The molecule has 0 radical (unpaired) electrons. The summed E-state index contributed by atoms with van der Waals surface area (Å²) in [6, 6.07) is 0.428. The van der Waals surface area contributed by atoms with E-state index in [1.807, 2.05) is 0 Å². The fourth-order valence-electron chi connectivity index (χ4n) is 1.03. The second kappa shape index (κ2) is 2.88. The number of nitrogens with one attached hydrogen (secondary N) is 2. The molecule has 11 heavy (non-hydrogen) atoms. The molecular formula is C6H7Br2N3. The number of imidazole rings is 1. The van der Waals surface area contributed by atoms with E-state index in [2.05, 4.69) is 47.1 Å². The maximum absolute atomic E-state index is 4.28. The molecule has 1 aromatic rings. The van der Waals surface area contributed by atoms with Gasteiger partial charge in [-0.05, 0) is 44.8 Å². The Labute approximate surface area is 81.2 Å². The van der Waals surface area contributed by atoms with Crippen molar-refractivity contribution in [2.45, 2.75) is 12.5 Å². The Balaban J connectivity index is 2.24. The molecule has 1 aromatic heterocycles. The molecule has 2 heterocycles. The lowest BCUT2D eigenvalue weighted by molar-refractivity contribution is 0.368. The number of hydrogen-bond acceptors (Lipinski definition) is 2. The van der Waals surface area contributed by atoms with Gasteiger partial charge in [-0.15, -0.1) is 0 Å². The second-order valence-electron chi connectivity index (χ2n) is 2.52. The fourth-order valence-corrected chi connectivity index (χ4v) is 1.62. The van der Waals surface area contributed by atoms with Crippen LogP contribution in [-0.4, -0.2) is 16.5 Å². The Morgan fingerprint density at radius 2 is 2.18 bits per heavy atom. The summed E-state index contributed by atoms with van der Waals surface area (Å²) in [6.07, 6.45) is 1.17. The van der Waals surface area contributed by atoms with Crippen LogP contribution in [0.5, 0.6) is 0 Å². The third-order valence-electron chi connectivity index (χ3n) is 1.79. The summed E-state index contributed by atoms with van der Waals surface area (Å²) >= 11 is 6.67. The van der Waals surface area contributed by atoms with Crippen LogP contribution in [-0.2, 0) is 0 Å². The maximum Gasteiger partial charge on any atom is 0.138 e. The van der Waals surface area contributed by atoms with Crippen molar-refractivity contribution < 1.29 is 0 Å². The van der Waals surface area contributed by atoms with Crippen molar-refractivity contribution >= 4 is 31.9 Å². The molecule has 1 saturated heterocycles. The van der Waals surface area contributed by atoms with Gasteiger partial charge < -0.3 is 10.3 Å². The Morgan fingerprint density at radius 3 is 2.55 bits per heavy atom. The number of nitrogens with zero attached hydrogens (tertiary/aromatic N) is 1. The molecule has 1 unspecified atom stereocenters. The van der Waals surface area contributed by atoms with Crippen LogP contribution in [0.2, 0.25) is 0 Å². The topological polar surface area (TPSA) is 40.7 Å². The summed E-state index contributed by atoms with van der Waals surface area (Å²) in [5, 5.41) is 3.27. The van der Waals surface area contributed by atoms with Crippen molar-refractivity contribution in [3.05, 3.63) is 15.0 Å². The van der Waals surface area contributed by atoms with Gasteiger partial charge in [0.2, 0.25) is 0 Å². The molecule has 3 nitrogen and oxygen atoms in total. The van der Waals surface area contributed by atoms with Crippen molar-refractivity contribution in [1.29, 1.82) is 0 Å². The highest BCUT2D eigenvalue weighted by Crippen LogP contribution is 2.26. The van der Waals surface area contributed by atoms with E-state index in [9.17, 15) is 0 Å². The van der Waals surface area contributed by atoms with E-state index in [1.165, 1.54) is 6.42 Å². The quantitative estimate of drug-likeness (QED) is 0.826. The molecule has 1 aliphatic rings. The van der Waals surface area contributed by atoms with Gasteiger partial charge in [0.1, 0.15) is 15.0 Å². The van der Waals surface area contributed by atoms with E-state index in [-0.39, 0.29) is 0 Å². The smallest absolute Gasteiger partial charge is 0.138 e. The minimum atomic E-state index is 0.428. The minimum absolute atomic E-state index is 0.428. The first-order valence-electron chi connectivity index (χ1n) is 3.41. The summed E-state index contributed by atoms with van der Waals surface area (Å²) < 4.78 is 1.77. The SMILES string of the molecule is Brc1nc(C2CCN2)[nH]c1Br. The monoisotopic (exact) mass is 279 g/mol. The van der Waals surface area contributed by atoms with Gasteiger partial charge in [0.25, 0.3) is 0 Å². The van der Waals surface area contributed by atoms with E-state index in [0.717, 1.165) is 21.6 Å². The molecule has 5 heteroatoms. The Hall–Kier alpha value is 0.130. The van der Waals surface area contributed by atoms with Gasteiger partial charge in [0.05, 0.1) is 6.04 Å². The van der Waals surface area contributed by atoms with Crippen molar-refractivity contribution in [2.75, 3.05) is 6.54 Å². The molecule has 0 aromatic carbocycles. The van der Waals surface area contributed by atoms with Crippen LogP contribution in [0.3, 0.4) is 0 Å². The highest BCUT2D eigenvalue weighted by Gasteiger charge is 2.22. The molecule has 60 valence electrons. The molecular weight excluding hydrogens is 274 g/mol. The van der Waals surface area contributed by atoms with Crippen molar-refractivity contribution in [2.24, 2.45) is 0 Å². The van der Waals surface area contributed by atoms with Crippen LogP contribution in [0, 0.1) is 0 Å². The van der Waals surface area contributed by atoms with Crippen molar-refractivity contribution in [3.63, 3.8) is 0 Å². The largest absolute Gasteiger partial charge is 0.334 e. The number of hydrogen-bond donors (Lipinski definition) is 2. The maximum atomic E-state index is 4.28. The molecule has 1 fully saturated rings. The highest BCUT2D eigenvalue weighted by molar-refractivity contribution is 9.13. The zero-order chi connectivity index (χ0) is 7.84. The summed E-state index contributed by atoms with van der Waals surface area (Å²) in [4.78, 5) is 7.43. The Bertz CT molecular complexity index is 247. The van der Waals surface area contributed by atoms with E-state index in [0.29, 0.717) is 6.04 Å². The predicted molar refractivity (Wildman–Crippen MR) is 49.3 cm³/mol. The van der Waals surface area contributed by atoms with Gasteiger partial charge in [-0.25, -0.2) is 4.98 Å². The molecule has 0 amide bonds. The zero-order valence-corrected chi connectivity index (χ0v) is 8.87. The fraction of sp³-hybridized carbons (Fsp3) is 0.500. The third-order valence-corrected chi connectivity index (χ3v) is 3.47. The van der Waals surface area contributed by atoms with Gasteiger partial charge in [0.15, 0.2) is 0 Å². The number of H-pyrrole nitrogens is 1. The zero-order valence-electron chi connectivity index (χ0n) is 5.69. The van der Waals surface area contributed by atoms with E-state index < -0.39 is 0 Å². The van der Waals surface area contributed by atoms with Crippen LogP contribution in [0.25, 0.3) is 0 Å². The number of aromatic nitrogens is 2. The highest BCUT2D eigenvalue weighted by atomic mass is 79.9. The van der Waals surface area contributed by atoms with Gasteiger partial charge in [-0.1, -0.05) is 0 Å². The van der Waals surface area contributed by atoms with E-state index >= 15 is 0 Å². The van der Waals surface area contributed by atoms with Gasteiger partial charge in [-0.3, -0.25) is 0 Å². The Kier molecular flexibility index (Phi) is 2.03. The first kappa shape index (κ1) is 7.76. The predicted octanol–water partition coefficient (Wildman–Crippen LogP) is 1.97. The minimum Gasteiger partial charge on any atom is -0.334 e. The second-order valence-corrected chi connectivity index (χ2v) is 4.07. The first-order valence-corrected chi connectivity index (χ1v) is 5.00. The summed E-state index contributed by atoms with van der Waals surface area (Å²) in [5.41, 5.74) is 0. The molecule has 0 bridgehead atoms. The van der Waals surface area contributed by atoms with E-state index in [4.69, 9.17) is 0 Å². The molecule has 2 N–H and O–H groups in total. The molecule has 1 aliphatic heterocycles. The molecule has 1 atom stereocenters. The standard InChI is InChI=1S/C6H7Br2N3/c7-4-5(8)11-6(10-4)3-1-2-9-3/h3,9H,1-2H2,(H,10,11). The van der Waals surface area contributed by atoms with Crippen molar-refractivity contribution in [3.8, 4) is 0 Å². The molecule has 2 rings (SSSR count). The van der Waals surface area contributed by atoms with Gasteiger partial charge in [0, 0.05) is 0 Å². The van der Waals surface area contributed by atoms with Crippen LogP contribution in [0.1, 0.15) is 18.3 Å². The van der Waals surface area contributed by atoms with Crippen molar-refractivity contribution in [1.82, 2.24) is 15.3 Å². The first-order chi connectivity index (χ1) is 5.27. The Morgan fingerprint density at radius 1 is 1.45 bits per heavy atom. The summed E-state index contributed by atoms with van der Waals surface area (Å²) in [5.74, 6) is 1.01. The average Bonchev–Trinajstić information content (AvgIpc) is 2.08.